The van der Waals surface area contributed by atoms with E-state index in [-0.39, 0.29) is 5.75 Å². The van der Waals surface area contributed by atoms with Gasteiger partial charge in [-0.1, -0.05) is 11.3 Å². The van der Waals surface area contributed by atoms with Gasteiger partial charge < -0.3 is 9.84 Å². The number of methoxy groups -OCH3 is 1. The number of benzene rings is 2. The summed E-state index contributed by atoms with van der Waals surface area (Å²) >= 11 is 0. The van der Waals surface area contributed by atoms with Gasteiger partial charge in [0.25, 0.3) is 0 Å². The van der Waals surface area contributed by atoms with Crippen molar-refractivity contribution >= 4 is 11.0 Å². The summed E-state index contributed by atoms with van der Waals surface area (Å²) in [6, 6.07) is 11.1. The molecule has 7 heteroatoms. The van der Waals surface area contributed by atoms with Crippen LogP contribution >= 0.6 is 0 Å². The van der Waals surface area contributed by atoms with Crippen molar-refractivity contribution in [3.8, 4) is 28.6 Å². The minimum Gasteiger partial charge on any atom is -0.504 e. The number of rotatable bonds is 3. The SMILES string of the molecule is COc1ccc(-c2nccn2-c2cccc3c2nnn3C)cc1O. The molecule has 4 rings (SSSR count). The van der Waals surface area contributed by atoms with Crippen molar-refractivity contribution in [1.82, 2.24) is 24.5 Å². The van der Waals surface area contributed by atoms with Gasteiger partial charge in [-0.25, -0.2) is 9.67 Å². The summed E-state index contributed by atoms with van der Waals surface area (Å²) in [4.78, 5) is 4.43. The second-order valence-electron chi connectivity index (χ2n) is 5.37. The van der Waals surface area contributed by atoms with E-state index in [0.29, 0.717) is 11.6 Å². The zero-order valence-corrected chi connectivity index (χ0v) is 13.2. The van der Waals surface area contributed by atoms with Crippen molar-refractivity contribution in [2.75, 3.05) is 7.11 Å². The molecule has 0 saturated heterocycles. The van der Waals surface area contributed by atoms with Crippen LogP contribution in [0.5, 0.6) is 11.5 Å². The highest BCUT2D eigenvalue weighted by Crippen LogP contribution is 2.32. The Balaban J connectivity index is 1.90. The van der Waals surface area contributed by atoms with Crippen LogP contribution in [0.15, 0.2) is 48.8 Å². The number of aromatic hydroxyl groups is 1. The molecule has 2 aromatic heterocycles. The molecule has 0 amide bonds. The predicted octanol–water partition coefficient (Wildman–Crippen LogP) is 2.54. The molecule has 0 fully saturated rings. The molecule has 120 valence electrons. The maximum atomic E-state index is 10.0. The first-order chi connectivity index (χ1) is 11.7. The third-order valence-corrected chi connectivity index (χ3v) is 3.96. The summed E-state index contributed by atoms with van der Waals surface area (Å²) in [5.41, 5.74) is 3.38. The van der Waals surface area contributed by atoms with E-state index in [9.17, 15) is 5.11 Å². The van der Waals surface area contributed by atoms with E-state index in [1.165, 1.54) is 7.11 Å². The summed E-state index contributed by atoms with van der Waals surface area (Å²) in [7, 11) is 3.37. The zero-order chi connectivity index (χ0) is 16.7. The van der Waals surface area contributed by atoms with Crippen LogP contribution in [-0.2, 0) is 7.05 Å². The first kappa shape index (κ1) is 14.3. The molecule has 0 aliphatic heterocycles. The highest BCUT2D eigenvalue weighted by molar-refractivity contribution is 5.84. The Morgan fingerprint density at radius 2 is 2.04 bits per heavy atom. The van der Waals surface area contributed by atoms with Gasteiger partial charge in [-0.15, -0.1) is 5.10 Å². The van der Waals surface area contributed by atoms with E-state index in [1.54, 1.807) is 23.0 Å². The van der Waals surface area contributed by atoms with Crippen molar-refractivity contribution in [3.05, 3.63) is 48.8 Å². The van der Waals surface area contributed by atoms with E-state index in [0.717, 1.165) is 22.3 Å². The second kappa shape index (κ2) is 5.38. The van der Waals surface area contributed by atoms with Crippen LogP contribution in [0.3, 0.4) is 0 Å². The van der Waals surface area contributed by atoms with E-state index in [1.807, 2.05) is 42.1 Å². The molecule has 0 unspecified atom stereocenters. The Morgan fingerprint density at radius 1 is 1.17 bits per heavy atom. The maximum Gasteiger partial charge on any atom is 0.160 e. The minimum absolute atomic E-state index is 0.0715. The van der Waals surface area contributed by atoms with Crippen molar-refractivity contribution in [1.29, 1.82) is 0 Å². The minimum atomic E-state index is 0.0715. The van der Waals surface area contributed by atoms with Crippen LogP contribution in [0.4, 0.5) is 0 Å². The first-order valence-corrected chi connectivity index (χ1v) is 7.38. The molecule has 0 aliphatic rings. The normalized spacial score (nSPS) is 11.1. The largest absolute Gasteiger partial charge is 0.504 e. The van der Waals surface area contributed by atoms with Gasteiger partial charge in [-0.3, -0.25) is 4.57 Å². The molecular weight excluding hydrogens is 306 g/mol. The summed E-state index contributed by atoms with van der Waals surface area (Å²) in [6.45, 7) is 0. The van der Waals surface area contributed by atoms with Gasteiger partial charge in [0, 0.05) is 25.0 Å². The third kappa shape index (κ3) is 2.10. The molecule has 0 spiro atoms. The molecule has 2 heterocycles. The highest BCUT2D eigenvalue weighted by Gasteiger charge is 2.14. The number of aromatic nitrogens is 5. The molecule has 1 N–H and O–H groups in total. The molecule has 7 nitrogen and oxygen atoms in total. The third-order valence-electron chi connectivity index (χ3n) is 3.96. The van der Waals surface area contributed by atoms with Crippen molar-refractivity contribution in [2.24, 2.45) is 7.05 Å². The number of fused-ring (bicyclic) bond motifs is 1. The van der Waals surface area contributed by atoms with Gasteiger partial charge in [0.1, 0.15) is 11.3 Å². The van der Waals surface area contributed by atoms with E-state index < -0.39 is 0 Å². The van der Waals surface area contributed by atoms with Crippen LogP contribution in [-0.4, -0.2) is 36.8 Å². The highest BCUT2D eigenvalue weighted by atomic mass is 16.5. The average molecular weight is 321 g/mol. The standard InChI is InChI=1S/C17H15N5O2/c1-21-12-4-3-5-13(16(12)19-20-21)22-9-8-18-17(22)11-6-7-15(24-2)14(23)10-11/h3-10,23H,1-2H3. The van der Waals surface area contributed by atoms with Crippen molar-refractivity contribution < 1.29 is 9.84 Å². The maximum absolute atomic E-state index is 10.0. The van der Waals surface area contributed by atoms with Crippen LogP contribution in [0.1, 0.15) is 0 Å². The summed E-state index contributed by atoms with van der Waals surface area (Å²) < 4.78 is 8.75. The van der Waals surface area contributed by atoms with Crippen LogP contribution in [0.2, 0.25) is 0 Å². The number of aryl methyl sites for hydroxylation is 1. The number of phenolic OH excluding ortho intramolecular Hbond substituents is 1. The van der Waals surface area contributed by atoms with E-state index >= 15 is 0 Å². The van der Waals surface area contributed by atoms with Crippen molar-refractivity contribution in [2.45, 2.75) is 0 Å². The zero-order valence-electron chi connectivity index (χ0n) is 13.2. The number of nitrogens with zero attached hydrogens (tertiary/aromatic N) is 5. The fourth-order valence-corrected chi connectivity index (χ4v) is 2.78. The topological polar surface area (TPSA) is 78.0 Å². The van der Waals surface area contributed by atoms with Gasteiger partial charge in [0.2, 0.25) is 0 Å². The molecule has 0 radical (unpaired) electrons. The lowest BCUT2D eigenvalue weighted by atomic mass is 10.1. The van der Waals surface area contributed by atoms with E-state index in [2.05, 4.69) is 15.3 Å². The van der Waals surface area contributed by atoms with Gasteiger partial charge in [0.15, 0.2) is 11.5 Å². The average Bonchev–Trinajstić information content (AvgIpc) is 3.22. The monoisotopic (exact) mass is 321 g/mol. The summed E-state index contributed by atoms with van der Waals surface area (Å²) in [5.74, 6) is 1.20. The number of imidazole rings is 1. The van der Waals surface area contributed by atoms with Crippen LogP contribution < -0.4 is 4.74 Å². The molecule has 2 aromatic carbocycles. The quantitative estimate of drug-likeness (QED) is 0.627. The predicted molar refractivity (Wildman–Crippen MR) is 89.3 cm³/mol. The van der Waals surface area contributed by atoms with Crippen molar-refractivity contribution in [3.63, 3.8) is 0 Å². The molecule has 0 saturated carbocycles. The number of hydrogen-bond donors (Lipinski definition) is 1. The smallest absolute Gasteiger partial charge is 0.160 e. The summed E-state index contributed by atoms with van der Waals surface area (Å²) in [5, 5.41) is 18.4. The number of phenols is 1. The Bertz CT molecular complexity index is 1030. The Kier molecular flexibility index (Phi) is 3.19. The van der Waals surface area contributed by atoms with Crippen LogP contribution in [0.25, 0.3) is 28.1 Å². The first-order valence-electron chi connectivity index (χ1n) is 7.38. The lowest BCUT2D eigenvalue weighted by Crippen LogP contribution is -1.98. The van der Waals surface area contributed by atoms with E-state index in [4.69, 9.17) is 4.74 Å². The number of hydrogen-bond acceptors (Lipinski definition) is 5. The summed E-state index contributed by atoms with van der Waals surface area (Å²) in [6.07, 6.45) is 3.58. The van der Waals surface area contributed by atoms with Gasteiger partial charge in [-0.2, -0.15) is 0 Å². The van der Waals surface area contributed by atoms with Crippen LogP contribution in [0, 0.1) is 0 Å². The molecule has 0 bridgehead atoms. The molecule has 0 atom stereocenters. The Hall–Kier alpha value is -3.35. The Labute approximate surface area is 137 Å². The lowest BCUT2D eigenvalue weighted by Gasteiger charge is -2.10. The molecule has 24 heavy (non-hydrogen) atoms. The number of ether oxygens (including phenoxy) is 1. The Morgan fingerprint density at radius 3 is 2.83 bits per heavy atom. The molecule has 0 aliphatic carbocycles. The van der Waals surface area contributed by atoms with Gasteiger partial charge in [-0.05, 0) is 30.3 Å². The van der Waals surface area contributed by atoms with Gasteiger partial charge >= 0.3 is 0 Å². The molecule has 4 aromatic rings. The fraction of sp³-hybridized carbons (Fsp3) is 0.118. The lowest BCUT2D eigenvalue weighted by molar-refractivity contribution is 0.373. The fourth-order valence-electron chi connectivity index (χ4n) is 2.78. The molecular formula is C17H15N5O2. The second-order valence-corrected chi connectivity index (χ2v) is 5.37. The van der Waals surface area contributed by atoms with Gasteiger partial charge in [0.05, 0.1) is 18.3 Å².